The maximum atomic E-state index is 11.5. The highest BCUT2D eigenvalue weighted by atomic mass is 16.1. The summed E-state index contributed by atoms with van der Waals surface area (Å²) in [5, 5.41) is 6.48. The van der Waals surface area contributed by atoms with Crippen LogP contribution in [-0.4, -0.2) is 23.6 Å². The van der Waals surface area contributed by atoms with Crippen molar-refractivity contribution in [3.63, 3.8) is 0 Å². The van der Waals surface area contributed by atoms with E-state index in [1.54, 1.807) is 0 Å². The minimum absolute atomic E-state index is 0.139. The molecular weight excluding hydrogens is 250 g/mol. The number of hydrogen-bond donors (Lipinski definition) is 2. The molecule has 1 aromatic rings. The third-order valence-electron chi connectivity index (χ3n) is 3.92. The molecule has 2 rings (SSSR count). The van der Waals surface area contributed by atoms with Crippen LogP contribution in [-0.2, 0) is 17.8 Å². The standard InChI is InChI=1S/C16H27N3O/c1-3-9-18-15-7-5-6-13-11-19(12-14(13)15)10-8-16(20)17-4-2/h11-12,15,18H,3-10H2,1-2H3,(H,17,20). The van der Waals surface area contributed by atoms with Gasteiger partial charge in [0.05, 0.1) is 0 Å². The van der Waals surface area contributed by atoms with Crippen molar-refractivity contribution in [2.24, 2.45) is 0 Å². The number of aromatic nitrogens is 1. The Labute approximate surface area is 121 Å². The van der Waals surface area contributed by atoms with Crippen molar-refractivity contribution in [1.29, 1.82) is 0 Å². The van der Waals surface area contributed by atoms with Crippen LogP contribution in [0.5, 0.6) is 0 Å². The van der Waals surface area contributed by atoms with Gasteiger partial charge in [-0.3, -0.25) is 4.79 Å². The molecule has 1 aromatic heterocycles. The van der Waals surface area contributed by atoms with Gasteiger partial charge in [-0.25, -0.2) is 0 Å². The molecular formula is C16H27N3O. The molecule has 0 fully saturated rings. The van der Waals surface area contributed by atoms with E-state index in [-0.39, 0.29) is 5.91 Å². The second-order valence-electron chi connectivity index (χ2n) is 5.58. The molecule has 0 aliphatic heterocycles. The van der Waals surface area contributed by atoms with Crippen molar-refractivity contribution in [3.8, 4) is 0 Å². The largest absolute Gasteiger partial charge is 0.356 e. The zero-order chi connectivity index (χ0) is 14.4. The minimum Gasteiger partial charge on any atom is -0.356 e. The summed E-state index contributed by atoms with van der Waals surface area (Å²) in [6, 6.07) is 0.504. The van der Waals surface area contributed by atoms with Gasteiger partial charge in [0.15, 0.2) is 0 Å². The Kier molecular flexibility index (Phi) is 5.65. The molecule has 1 aliphatic rings. The van der Waals surface area contributed by atoms with Crippen LogP contribution in [0.1, 0.15) is 56.7 Å². The van der Waals surface area contributed by atoms with Crippen LogP contribution in [0.15, 0.2) is 12.4 Å². The van der Waals surface area contributed by atoms with Crippen LogP contribution in [0.25, 0.3) is 0 Å². The molecule has 1 aliphatic carbocycles. The van der Waals surface area contributed by atoms with Crippen molar-refractivity contribution < 1.29 is 4.79 Å². The molecule has 0 saturated heterocycles. The van der Waals surface area contributed by atoms with Crippen LogP contribution in [0.2, 0.25) is 0 Å². The Hall–Kier alpha value is -1.29. The van der Waals surface area contributed by atoms with Crippen LogP contribution in [0, 0.1) is 0 Å². The molecule has 1 atom stereocenters. The molecule has 0 aromatic carbocycles. The van der Waals surface area contributed by atoms with E-state index in [0.29, 0.717) is 19.0 Å². The summed E-state index contributed by atoms with van der Waals surface area (Å²) in [5.74, 6) is 0.139. The maximum absolute atomic E-state index is 11.5. The SMILES string of the molecule is CCCNC1CCCc2cn(CCC(=O)NCC)cc21. The molecule has 0 spiro atoms. The quantitative estimate of drug-likeness (QED) is 0.804. The number of rotatable bonds is 7. The second kappa shape index (κ2) is 7.48. The smallest absolute Gasteiger partial charge is 0.221 e. The highest BCUT2D eigenvalue weighted by Gasteiger charge is 2.21. The van der Waals surface area contributed by atoms with Crippen molar-refractivity contribution >= 4 is 5.91 Å². The molecule has 1 amide bonds. The maximum Gasteiger partial charge on any atom is 0.221 e. The van der Waals surface area contributed by atoms with Gasteiger partial charge in [-0.2, -0.15) is 0 Å². The molecule has 0 saturated carbocycles. The second-order valence-corrected chi connectivity index (χ2v) is 5.58. The van der Waals surface area contributed by atoms with Gasteiger partial charge in [0.2, 0.25) is 5.91 Å². The Morgan fingerprint density at radius 1 is 1.40 bits per heavy atom. The topological polar surface area (TPSA) is 46.1 Å². The first-order chi connectivity index (χ1) is 9.74. The molecule has 1 unspecified atom stereocenters. The fourth-order valence-electron chi connectivity index (χ4n) is 2.92. The van der Waals surface area contributed by atoms with E-state index in [9.17, 15) is 4.79 Å². The molecule has 112 valence electrons. The first kappa shape index (κ1) is 15.1. The molecule has 20 heavy (non-hydrogen) atoms. The lowest BCUT2D eigenvalue weighted by atomic mass is 9.91. The van der Waals surface area contributed by atoms with E-state index in [2.05, 4.69) is 34.5 Å². The fourth-order valence-corrected chi connectivity index (χ4v) is 2.92. The third-order valence-corrected chi connectivity index (χ3v) is 3.92. The van der Waals surface area contributed by atoms with E-state index in [1.807, 2.05) is 6.92 Å². The molecule has 2 N–H and O–H groups in total. The van der Waals surface area contributed by atoms with Crippen LogP contribution in [0.3, 0.4) is 0 Å². The lowest BCUT2D eigenvalue weighted by Crippen LogP contribution is -2.25. The van der Waals surface area contributed by atoms with Gasteiger partial charge in [-0.1, -0.05) is 6.92 Å². The summed E-state index contributed by atoms with van der Waals surface area (Å²) in [7, 11) is 0. The van der Waals surface area contributed by atoms with Gasteiger partial charge in [0.1, 0.15) is 0 Å². The number of amides is 1. The van der Waals surface area contributed by atoms with E-state index in [0.717, 1.165) is 13.1 Å². The normalized spacial score (nSPS) is 17.8. The van der Waals surface area contributed by atoms with Crippen LogP contribution in [0.4, 0.5) is 0 Å². The number of carbonyl (C=O) groups excluding carboxylic acids is 1. The fraction of sp³-hybridized carbons (Fsp3) is 0.688. The van der Waals surface area contributed by atoms with Gasteiger partial charge < -0.3 is 15.2 Å². The van der Waals surface area contributed by atoms with Crippen molar-refractivity contribution in [2.45, 2.75) is 58.5 Å². The predicted molar refractivity (Wildman–Crippen MR) is 81.7 cm³/mol. The molecule has 0 radical (unpaired) electrons. The highest BCUT2D eigenvalue weighted by molar-refractivity contribution is 5.75. The first-order valence-corrected chi connectivity index (χ1v) is 7.93. The van der Waals surface area contributed by atoms with E-state index in [1.165, 1.54) is 36.8 Å². The van der Waals surface area contributed by atoms with Crippen molar-refractivity contribution in [1.82, 2.24) is 15.2 Å². The summed E-state index contributed by atoms with van der Waals surface area (Å²) < 4.78 is 2.19. The van der Waals surface area contributed by atoms with Gasteiger partial charge in [-0.05, 0) is 50.3 Å². The van der Waals surface area contributed by atoms with Gasteiger partial charge in [0.25, 0.3) is 0 Å². The van der Waals surface area contributed by atoms with Gasteiger partial charge >= 0.3 is 0 Å². The molecule has 4 heteroatoms. The lowest BCUT2D eigenvalue weighted by molar-refractivity contribution is -0.121. The van der Waals surface area contributed by atoms with Gasteiger partial charge in [0, 0.05) is 37.9 Å². The number of nitrogens with zero attached hydrogens (tertiary/aromatic N) is 1. The summed E-state index contributed by atoms with van der Waals surface area (Å²) in [6.45, 7) is 6.72. The van der Waals surface area contributed by atoms with Crippen LogP contribution >= 0.6 is 0 Å². The number of nitrogens with one attached hydrogen (secondary N) is 2. The van der Waals surface area contributed by atoms with Crippen molar-refractivity contribution in [3.05, 3.63) is 23.5 Å². The zero-order valence-electron chi connectivity index (χ0n) is 12.7. The number of aryl methyl sites for hydroxylation is 2. The Bertz CT molecular complexity index is 439. The minimum atomic E-state index is 0.139. The number of hydrogen-bond acceptors (Lipinski definition) is 2. The zero-order valence-corrected chi connectivity index (χ0v) is 12.7. The molecule has 1 heterocycles. The third kappa shape index (κ3) is 3.85. The highest BCUT2D eigenvalue weighted by Crippen LogP contribution is 2.30. The van der Waals surface area contributed by atoms with E-state index < -0.39 is 0 Å². The Morgan fingerprint density at radius 2 is 2.25 bits per heavy atom. The molecule has 4 nitrogen and oxygen atoms in total. The Balaban J connectivity index is 1.96. The molecule has 0 bridgehead atoms. The Morgan fingerprint density at radius 3 is 3.00 bits per heavy atom. The number of carbonyl (C=O) groups is 1. The average molecular weight is 277 g/mol. The predicted octanol–water partition coefficient (Wildman–Crippen LogP) is 2.39. The first-order valence-electron chi connectivity index (χ1n) is 7.93. The summed E-state index contributed by atoms with van der Waals surface area (Å²) in [4.78, 5) is 11.5. The summed E-state index contributed by atoms with van der Waals surface area (Å²) >= 11 is 0. The number of fused-ring (bicyclic) bond motifs is 1. The average Bonchev–Trinajstić information content (AvgIpc) is 2.86. The van der Waals surface area contributed by atoms with Crippen molar-refractivity contribution in [2.75, 3.05) is 13.1 Å². The van der Waals surface area contributed by atoms with Crippen LogP contribution < -0.4 is 10.6 Å². The summed E-state index contributed by atoms with van der Waals surface area (Å²) in [6.07, 6.45) is 9.86. The van der Waals surface area contributed by atoms with E-state index >= 15 is 0 Å². The van der Waals surface area contributed by atoms with Gasteiger partial charge in [-0.15, -0.1) is 0 Å². The monoisotopic (exact) mass is 277 g/mol. The lowest BCUT2D eigenvalue weighted by Gasteiger charge is -2.23. The van der Waals surface area contributed by atoms with E-state index in [4.69, 9.17) is 0 Å². The summed E-state index contributed by atoms with van der Waals surface area (Å²) in [5.41, 5.74) is 2.90.